The van der Waals surface area contributed by atoms with Crippen molar-refractivity contribution >= 4 is 23.6 Å². The van der Waals surface area contributed by atoms with E-state index in [-0.39, 0.29) is 0 Å². The van der Waals surface area contributed by atoms with Crippen molar-refractivity contribution in [2.75, 3.05) is 0 Å². The average Bonchev–Trinajstić information content (AvgIpc) is 2.82. The van der Waals surface area contributed by atoms with Crippen LogP contribution < -0.4 is 0 Å². The van der Waals surface area contributed by atoms with Crippen molar-refractivity contribution in [2.24, 2.45) is 0 Å². The Balaban J connectivity index is 2.06. The summed E-state index contributed by atoms with van der Waals surface area (Å²) < 4.78 is 0.524. The van der Waals surface area contributed by atoms with E-state index in [1.807, 2.05) is 11.3 Å². The van der Waals surface area contributed by atoms with Gasteiger partial charge in [0.2, 0.25) is 4.77 Å². The largest absolute Gasteiger partial charge is 0.281 e. The van der Waals surface area contributed by atoms with Gasteiger partial charge in [0.25, 0.3) is 0 Å². The lowest BCUT2D eigenvalue weighted by atomic mass is 9.99. The molecule has 78 valence electrons. The van der Waals surface area contributed by atoms with Gasteiger partial charge in [-0.25, -0.2) is 0 Å². The maximum absolute atomic E-state index is 4.95. The van der Waals surface area contributed by atoms with E-state index in [9.17, 15) is 0 Å². The molecule has 2 N–H and O–H groups in total. The van der Waals surface area contributed by atoms with Crippen LogP contribution >= 0.6 is 23.6 Å². The highest BCUT2D eigenvalue weighted by molar-refractivity contribution is 7.71. The topological polar surface area (TPSA) is 44.5 Å². The lowest BCUT2D eigenvalue weighted by Gasteiger charge is -2.08. The molecule has 0 fully saturated rings. The third kappa shape index (κ3) is 1.66. The van der Waals surface area contributed by atoms with Crippen LogP contribution in [0, 0.1) is 4.77 Å². The highest BCUT2D eigenvalue weighted by Gasteiger charge is 2.15. The summed E-state index contributed by atoms with van der Waals surface area (Å²) in [6.45, 7) is 0. The SMILES string of the molecule is S=c1nc(-c2cc3c(s2)CCCC3)[nH][nH]1. The van der Waals surface area contributed by atoms with Crippen molar-refractivity contribution in [3.8, 4) is 10.7 Å². The van der Waals surface area contributed by atoms with Gasteiger partial charge in [-0.05, 0) is 49.5 Å². The first-order chi connectivity index (χ1) is 7.33. The van der Waals surface area contributed by atoms with Crippen molar-refractivity contribution < 1.29 is 0 Å². The molecule has 5 heteroatoms. The maximum Gasteiger partial charge on any atom is 0.213 e. The summed E-state index contributed by atoms with van der Waals surface area (Å²) in [6.07, 6.45) is 5.09. The molecule has 0 aromatic carbocycles. The van der Waals surface area contributed by atoms with E-state index in [1.165, 1.54) is 41.0 Å². The Labute approximate surface area is 96.6 Å². The smallest absolute Gasteiger partial charge is 0.213 e. The zero-order valence-electron chi connectivity index (χ0n) is 8.17. The fourth-order valence-electron chi connectivity index (χ4n) is 1.99. The van der Waals surface area contributed by atoms with Gasteiger partial charge in [0.15, 0.2) is 5.82 Å². The number of hydrogen-bond donors (Lipinski definition) is 2. The number of nitrogens with one attached hydrogen (secondary N) is 2. The zero-order valence-corrected chi connectivity index (χ0v) is 9.80. The summed E-state index contributed by atoms with van der Waals surface area (Å²) in [7, 11) is 0. The minimum Gasteiger partial charge on any atom is -0.281 e. The van der Waals surface area contributed by atoms with E-state index in [0.29, 0.717) is 4.77 Å². The lowest BCUT2D eigenvalue weighted by Crippen LogP contribution is -1.96. The predicted octanol–water partition coefficient (Wildman–Crippen LogP) is 3.07. The minimum absolute atomic E-state index is 0.524. The number of fused-ring (bicyclic) bond motifs is 1. The number of H-pyrrole nitrogens is 2. The van der Waals surface area contributed by atoms with Crippen LogP contribution in [0.5, 0.6) is 0 Å². The summed E-state index contributed by atoms with van der Waals surface area (Å²) in [5, 5.41) is 5.83. The first-order valence-corrected chi connectivity index (χ1v) is 6.32. The Kier molecular flexibility index (Phi) is 2.21. The Morgan fingerprint density at radius 1 is 1.27 bits per heavy atom. The summed E-state index contributed by atoms with van der Waals surface area (Å²) >= 11 is 6.79. The third-order valence-electron chi connectivity index (χ3n) is 2.73. The summed E-state index contributed by atoms with van der Waals surface area (Å²) in [6, 6.07) is 2.25. The van der Waals surface area contributed by atoms with Crippen LogP contribution in [0.3, 0.4) is 0 Å². The molecule has 0 aliphatic heterocycles. The highest BCUT2D eigenvalue weighted by Crippen LogP contribution is 2.33. The van der Waals surface area contributed by atoms with E-state index in [2.05, 4.69) is 21.2 Å². The molecule has 0 unspecified atom stereocenters. The van der Waals surface area contributed by atoms with Crippen LogP contribution in [-0.2, 0) is 12.8 Å². The van der Waals surface area contributed by atoms with Crippen LogP contribution in [0.2, 0.25) is 0 Å². The second-order valence-electron chi connectivity index (χ2n) is 3.78. The van der Waals surface area contributed by atoms with Gasteiger partial charge in [0.1, 0.15) is 0 Å². The predicted molar refractivity (Wildman–Crippen MR) is 63.7 cm³/mol. The number of thiophene rings is 1. The first-order valence-electron chi connectivity index (χ1n) is 5.09. The fourth-order valence-corrected chi connectivity index (χ4v) is 3.33. The van der Waals surface area contributed by atoms with E-state index >= 15 is 0 Å². The molecule has 1 aliphatic rings. The molecule has 3 nitrogen and oxygen atoms in total. The average molecular weight is 237 g/mol. The number of nitrogens with zero attached hydrogens (tertiary/aromatic N) is 1. The van der Waals surface area contributed by atoms with Crippen molar-refractivity contribution in [1.29, 1.82) is 0 Å². The Hall–Kier alpha value is -0.940. The molecular formula is C10H11N3S2. The van der Waals surface area contributed by atoms with Gasteiger partial charge in [-0.3, -0.25) is 10.2 Å². The summed E-state index contributed by atoms with van der Waals surface area (Å²) in [5.41, 5.74) is 1.50. The molecule has 0 bridgehead atoms. The molecule has 3 rings (SSSR count). The van der Waals surface area contributed by atoms with Crippen LogP contribution in [0.1, 0.15) is 23.3 Å². The number of hydrogen-bond acceptors (Lipinski definition) is 3. The highest BCUT2D eigenvalue weighted by atomic mass is 32.1. The molecular weight excluding hydrogens is 226 g/mol. The second kappa shape index (κ2) is 3.57. The van der Waals surface area contributed by atoms with Crippen molar-refractivity contribution in [1.82, 2.24) is 15.2 Å². The second-order valence-corrected chi connectivity index (χ2v) is 5.31. The van der Waals surface area contributed by atoms with Gasteiger partial charge in [0, 0.05) is 4.88 Å². The molecule has 0 spiro atoms. The first kappa shape index (κ1) is 9.30. The Morgan fingerprint density at radius 3 is 2.87 bits per heavy atom. The number of rotatable bonds is 1. The van der Waals surface area contributed by atoms with Gasteiger partial charge in [-0.15, -0.1) is 11.3 Å². The molecule has 0 saturated carbocycles. The van der Waals surface area contributed by atoms with Crippen LogP contribution in [-0.4, -0.2) is 15.2 Å². The summed E-state index contributed by atoms with van der Waals surface area (Å²) in [4.78, 5) is 6.97. The molecule has 1 aliphatic carbocycles. The standard InChI is InChI=1S/C10H11N3S2/c14-10-11-9(12-13-10)8-5-6-3-1-2-4-7(6)15-8/h5H,1-4H2,(H2,11,12,13,14). The molecule has 0 radical (unpaired) electrons. The normalized spacial score (nSPS) is 15.2. The van der Waals surface area contributed by atoms with Crippen molar-refractivity contribution in [3.05, 3.63) is 21.3 Å². The van der Waals surface area contributed by atoms with E-state index in [0.717, 1.165) is 5.82 Å². The van der Waals surface area contributed by atoms with Crippen LogP contribution in [0.4, 0.5) is 0 Å². The fraction of sp³-hybridized carbons (Fsp3) is 0.400. The van der Waals surface area contributed by atoms with Crippen LogP contribution in [0.25, 0.3) is 10.7 Å². The molecule has 0 atom stereocenters. The van der Waals surface area contributed by atoms with Crippen molar-refractivity contribution in [3.63, 3.8) is 0 Å². The third-order valence-corrected chi connectivity index (χ3v) is 4.17. The molecule has 0 amide bonds. The minimum atomic E-state index is 0.524. The van der Waals surface area contributed by atoms with E-state index in [4.69, 9.17) is 12.2 Å². The quantitative estimate of drug-likeness (QED) is 0.749. The number of aryl methyl sites for hydroxylation is 2. The number of aromatic nitrogens is 3. The molecule has 2 aromatic rings. The monoisotopic (exact) mass is 237 g/mol. The van der Waals surface area contributed by atoms with Gasteiger partial charge in [-0.1, -0.05) is 0 Å². The van der Waals surface area contributed by atoms with Crippen LogP contribution in [0.15, 0.2) is 6.07 Å². The van der Waals surface area contributed by atoms with E-state index < -0.39 is 0 Å². The van der Waals surface area contributed by atoms with Gasteiger partial charge >= 0.3 is 0 Å². The Morgan fingerprint density at radius 2 is 2.13 bits per heavy atom. The zero-order chi connectivity index (χ0) is 10.3. The van der Waals surface area contributed by atoms with Gasteiger partial charge < -0.3 is 0 Å². The lowest BCUT2D eigenvalue weighted by molar-refractivity contribution is 0.697. The maximum atomic E-state index is 4.95. The molecule has 0 saturated heterocycles. The molecule has 15 heavy (non-hydrogen) atoms. The Bertz CT molecular complexity index is 511. The van der Waals surface area contributed by atoms with Gasteiger partial charge in [0.05, 0.1) is 4.88 Å². The molecule has 2 heterocycles. The summed E-state index contributed by atoms with van der Waals surface area (Å²) in [5.74, 6) is 0.874. The van der Waals surface area contributed by atoms with Crippen molar-refractivity contribution in [2.45, 2.75) is 25.7 Å². The number of aromatic amines is 2. The molecule has 2 aromatic heterocycles. The van der Waals surface area contributed by atoms with Gasteiger partial charge in [-0.2, -0.15) is 4.98 Å². The van der Waals surface area contributed by atoms with E-state index in [1.54, 1.807) is 0 Å².